The Balaban J connectivity index is 2.41. The largest absolute Gasteiger partial charge is 0.507 e. The van der Waals surface area contributed by atoms with Crippen LogP contribution in [0.4, 0.5) is 0 Å². The van der Waals surface area contributed by atoms with Gasteiger partial charge >= 0.3 is 0 Å². The van der Waals surface area contributed by atoms with E-state index in [1.54, 1.807) is 0 Å². The predicted molar refractivity (Wildman–Crippen MR) is 116 cm³/mol. The van der Waals surface area contributed by atoms with Gasteiger partial charge in [-0.15, -0.1) is 0 Å². The summed E-state index contributed by atoms with van der Waals surface area (Å²) < 4.78 is 0. The third kappa shape index (κ3) is 3.68. The molecule has 3 aromatic rings. The average Bonchev–Trinajstić information content (AvgIpc) is 2.57. The highest BCUT2D eigenvalue weighted by Crippen LogP contribution is 2.37. The van der Waals surface area contributed by atoms with Gasteiger partial charge in [0.05, 0.1) is 0 Å². The summed E-state index contributed by atoms with van der Waals surface area (Å²) in [5.74, 6) is 0.353. The second kappa shape index (κ2) is 7.44. The fourth-order valence-electron chi connectivity index (χ4n) is 4.26. The zero-order chi connectivity index (χ0) is 19.7. The molecule has 0 unspecified atom stereocenters. The maximum atomic E-state index is 11.5. The maximum Gasteiger partial charge on any atom is 0.131 e. The molecule has 1 nitrogen and oxygen atoms in total. The lowest BCUT2D eigenvalue weighted by molar-refractivity contribution is 0.512. The third-order valence-electron chi connectivity index (χ3n) is 5.14. The molecule has 0 saturated carbocycles. The minimum absolute atomic E-state index is 0.353. The topological polar surface area (TPSA) is 20.2 Å². The van der Waals surface area contributed by atoms with E-state index in [2.05, 4.69) is 77.9 Å². The van der Waals surface area contributed by atoms with Crippen LogP contribution in [0.3, 0.4) is 0 Å². The Bertz CT molecular complexity index is 977. The first kappa shape index (κ1) is 19.0. The van der Waals surface area contributed by atoms with Crippen molar-refractivity contribution < 1.29 is 5.11 Å². The molecule has 3 aromatic carbocycles. The SMILES string of the molecule is Cc1cc(C)c(C(O)=C(c2ccccc2)c2c(C)cc(C)cc2C)c(C)c1. The first-order valence-electron chi connectivity index (χ1n) is 9.44. The first-order chi connectivity index (χ1) is 12.8. The molecule has 138 valence electrons. The molecule has 27 heavy (non-hydrogen) atoms. The van der Waals surface area contributed by atoms with Gasteiger partial charge < -0.3 is 5.11 Å². The van der Waals surface area contributed by atoms with Gasteiger partial charge in [-0.2, -0.15) is 0 Å². The lowest BCUT2D eigenvalue weighted by Crippen LogP contribution is -2.03. The Kier molecular flexibility index (Phi) is 5.23. The van der Waals surface area contributed by atoms with Gasteiger partial charge in [-0.05, 0) is 74.9 Å². The second-order valence-corrected chi connectivity index (χ2v) is 7.64. The van der Waals surface area contributed by atoms with E-state index in [4.69, 9.17) is 0 Å². The van der Waals surface area contributed by atoms with Crippen molar-refractivity contribution in [2.24, 2.45) is 0 Å². The summed E-state index contributed by atoms with van der Waals surface area (Å²) in [6.07, 6.45) is 0. The van der Waals surface area contributed by atoms with E-state index in [-0.39, 0.29) is 0 Å². The minimum Gasteiger partial charge on any atom is -0.507 e. The normalized spacial score (nSPS) is 12.1. The van der Waals surface area contributed by atoms with Gasteiger partial charge in [0.2, 0.25) is 0 Å². The lowest BCUT2D eigenvalue weighted by Gasteiger charge is -2.20. The maximum absolute atomic E-state index is 11.5. The van der Waals surface area contributed by atoms with E-state index < -0.39 is 0 Å². The van der Waals surface area contributed by atoms with Crippen LogP contribution >= 0.6 is 0 Å². The molecule has 0 atom stereocenters. The van der Waals surface area contributed by atoms with Gasteiger partial charge in [-0.25, -0.2) is 0 Å². The highest BCUT2D eigenvalue weighted by atomic mass is 16.3. The molecule has 0 aliphatic carbocycles. The molecule has 3 rings (SSSR count). The van der Waals surface area contributed by atoms with E-state index in [0.717, 1.165) is 33.4 Å². The van der Waals surface area contributed by atoms with Crippen molar-refractivity contribution in [1.29, 1.82) is 0 Å². The Hall–Kier alpha value is -2.80. The van der Waals surface area contributed by atoms with Gasteiger partial charge in [0, 0.05) is 11.1 Å². The molecule has 0 aliphatic heterocycles. The minimum atomic E-state index is 0.353. The van der Waals surface area contributed by atoms with Crippen molar-refractivity contribution in [2.75, 3.05) is 0 Å². The fourth-order valence-corrected chi connectivity index (χ4v) is 4.26. The molecule has 0 aliphatic rings. The van der Waals surface area contributed by atoms with Crippen LogP contribution in [0.15, 0.2) is 54.6 Å². The van der Waals surface area contributed by atoms with Crippen molar-refractivity contribution in [2.45, 2.75) is 41.5 Å². The van der Waals surface area contributed by atoms with E-state index in [1.807, 2.05) is 18.2 Å². The Morgan fingerprint density at radius 1 is 0.593 bits per heavy atom. The quantitative estimate of drug-likeness (QED) is 0.395. The van der Waals surface area contributed by atoms with Crippen LogP contribution in [-0.2, 0) is 0 Å². The third-order valence-corrected chi connectivity index (χ3v) is 5.14. The monoisotopic (exact) mass is 356 g/mol. The summed E-state index contributed by atoms with van der Waals surface area (Å²) in [7, 11) is 0. The van der Waals surface area contributed by atoms with E-state index in [1.165, 1.54) is 22.3 Å². The van der Waals surface area contributed by atoms with Crippen molar-refractivity contribution >= 4 is 11.3 Å². The van der Waals surface area contributed by atoms with Crippen molar-refractivity contribution in [3.05, 3.63) is 105 Å². The van der Waals surface area contributed by atoms with Crippen LogP contribution in [0.2, 0.25) is 0 Å². The van der Waals surface area contributed by atoms with Gasteiger partial charge in [0.15, 0.2) is 0 Å². The summed E-state index contributed by atoms with van der Waals surface area (Å²) in [6.45, 7) is 12.6. The zero-order valence-electron chi connectivity index (χ0n) is 17.1. The molecular weight excluding hydrogens is 328 g/mol. The number of hydrogen-bond donors (Lipinski definition) is 1. The fraction of sp³-hybridized carbons (Fsp3) is 0.231. The van der Waals surface area contributed by atoms with E-state index in [0.29, 0.717) is 5.76 Å². The molecule has 0 bridgehead atoms. The number of hydrogen-bond acceptors (Lipinski definition) is 1. The van der Waals surface area contributed by atoms with Crippen LogP contribution in [-0.4, -0.2) is 5.11 Å². The summed E-state index contributed by atoms with van der Waals surface area (Å²) in [5, 5.41) is 11.5. The highest BCUT2D eigenvalue weighted by Gasteiger charge is 2.20. The molecule has 0 heterocycles. The molecule has 0 radical (unpaired) electrons. The summed E-state index contributed by atoms with van der Waals surface area (Å²) in [4.78, 5) is 0. The molecule has 0 fully saturated rings. The number of aryl methyl sites for hydroxylation is 6. The molecule has 0 saturated heterocycles. The van der Waals surface area contributed by atoms with Gasteiger partial charge in [0.25, 0.3) is 0 Å². The van der Waals surface area contributed by atoms with E-state index in [9.17, 15) is 5.11 Å². The smallest absolute Gasteiger partial charge is 0.131 e. The Labute approximate surface area is 163 Å². The summed E-state index contributed by atoms with van der Waals surface area (Å²) >= 11 is 0. The zero-order valence-corrected chi connectivity index (χ0v) is 17.1. The molecule has 0 amide bonds. The average molecular weight is 357 g/mol. The number of benzene rings is 3. The second-order valence-electron chi connectivity index (χ2n) is 7.64. The van der Waals surface area contributed by atoms with Crippen LogP contribution in [0, 0.1) is 41.5 Å². The summed E-state index contributed by atoms with van der Waals surface area (Å²) in [6, 6.07) is 18.8. The van der Waals surface area contributed by atoms with Crippen molar-refractivity contribution in [3.8, 4) is 0 Å². The molecule has 1 N–H and O–H groups in total. The van der Waals surface area contributed by atoms with Gasteiger partial charge in [-0.3, -0.25) is 0 Å². The van der Waals surface area contributed by atoms with Crippen LogP contribution in [0.5, 0.6) is 0 Å². The Morgan fingerprint density at radius 2 is 1.00 bits per heavy atom. The lowest BCUT2D eigenvalue weighted by atomic mass is 9.86. The predicted octanol–water partition coefficient (Wildman–Crippen LogP) is 7.01. The summed E-state index contributed by atoms with van der Waals surface area (Å²) in [5.41, 5.74) is 11.0. The van der Waals surface area contributed by atoms with Gasteiger partial charge in [0.1, 0.15) is 5.76 Å². The number of aliphatic hydroxyl groups excluding tert-OH is 1. The number of rotatable bonds is 3. The molecule has 0 spiro atoms. The first-order valence-corrected chi connectivity index (χ1v) is 9.44. The van der Waals surface area contributed by atoms with Crippen molar-refractivity contribution in [3.63, 3.8) is 0 Å². The molecule has 1 heteroatoms. The van der Waals surface area contributed by atoms with Crippen LogP contribution < -0.4 is 0 Å². The van der Waals surface area contributed by atoms with Crippen LogP contribution in [0.1, 0.15) is 50.1 Å². The highest BCUT2D eigenvalue weighted by molar-refractivity contribution is 5.98. The van der Waals surface area contributed by atoms with Crippen LogP contribution in [0.25, 0.3) is 11.3 Å². The van der Waals surface area contributed by atoms with Gasteiger partial charge in [-0.1, -0.05) is 65.7 Å². The van der Waals surface area contributed by atoms with Crippen molar-refractivity contribution in [1.82, 2.24) is 0 Å². The number of aliphatic hydroxyl groups is 1. The van der Waals surface area contributed by atoms with E-state index >= 15 is 0 Å². The Morgan fingerprint density at radius 3 is 1.44 bits per heavy atom. The molecule has 0 aromatic heterocycles. The standard InChI is InChI=1S/C26H28O/c1-16-12-18(3)23(19(4)13-16)25(22-10-8-7-9-11-22)26(27)24-20(5)14-17(2)15-21(24)6/h7-15,27H,1-6H3. The molecular formula is C26H28O.